The monoisotopic (exact) mass is 376 g/mol. The first-order chi connectivity index (χ1) is 13.5. The van der Waals surface area contributed by atoms with Crippen LogP contribution in [0.1, 0.15) is 39.3 Å². The Kier molecular flexibility index (Phi) is 4.69. The summed E-state index contributed by atoms with van der Waals surface area (Å²) in [4.78, 5) is 39.1. The molecule has 1 fully saturated rings. The fraction of sp³-hybridized carbons (Fsp3) is 0.227. The van der Waals surface area contributed by atoms with Crippen molar-refractivity contribution in [3.8, 4) is 0 Å². The maximum absolute atomic E-state index is 12.6. The van der Waals surface area contributed by atoms with Crippen molar-refractivity contribution in [1.82, 2.24) is 4.90 Å². The van der Waals surface area contributed by atoms with Gasteiger partial charge in [-0.2, -0.15) is 0 Å². The van der Waals surface area contributed by atoms with Gasteiger partial charge in [-0.25, -0.2) is 0 Å². The highest BCUT2D eigenvalue weighted by molar-refractivity contribution is 6.04. The van der Waals surface area contributed by atoms with E-state index in [1.54, 1.807) is 42.5 Å². The Morgan fingerprint density at radius 1 is 1.04 bits per heavy atom. The van der Waals surface area contributed by atoms with Gasteiger partial charge in [0, 0.05) is 30.4 Å². The molecule has 142 valence electrons. The van der Waals surface area contributed by atoms with Gasteiger partial charge in [0.15, 0.2) is 11.2 Å². The van der Waals surface area contributed by atoms with Gasteiger partial charge in [-0.15, -0.1) is 0 Å². The van der Waals surface area contributed by atoms with Crippen LogP contribution in [-0.2, 0) is 0 Å². The van der Waals surface area contributed by atoms with Crippen molar-refractivity contribution in [2.45, 2.75) is 19.8 Å². The van der Waals surface area contributed by atoms with Gasteiger partial charge in [0.05, 0.1) is 5.39 Å². The van der Waals surface area contributed by atoms with Gasteiger partial charge in [0.1, 0.15) is 5.58 Å². The number of carbonyl (C=O) groups excluding carboxylic acids is 2. The highest BCUT2D eigenvalue weighted by atomic mass is 16.3. The molecule has 1 aliphatic heterocycles. The number of carbonyl (C=O) groups is 2. The molecule has 1 aliphatic rings. The molecule has 1 N–H and O–H groups in total. The molecule has 0 atom stereocenters. The number of anilines is 1. The summed E-state index contributed by atoms with van der Waals surface area (Å²) in [7, 11) is 0. The average Bonchev–Trinajstić information content (AvgIpc) is 3.23. The number of hydrogen-bond donors (Lipinski definition) is 1. The number of para-hydroxylation sites is 1. The minimum atomic E-state index is -0.510. The van der Waals surface area contributed by atoms with E-state index in [4.69, 9.17) is 4.42 Å². The summed E-state index contributed by atoms with van der Waals surface area (Å²) in [6, 6.07) is 13.2. The summed E-state index contributed by atoms with van der Waals surface area (Å²) in [5, 5.41) is 3.19. The molecule has 2 amide bonds. The van der Waals surface area contributed by atoms with E-state index >= 15 is 0 Å². The third-order valence-corrected chi connectivity index (χ3v) is 4.97. The van der Waals surface area contributed by atoms with E-state index in [9.17, 15) is 14.4 Å². The Hall–Kier alpha value is -3.41. The summed E-state index contributed by atoms with van der Waals surface area (Å²) >= 11 is 0. The van der Waals surface area contributed by atoms with E-state index in [0.717, 1.165) is 31.5 Å². The van der Waals surface area contributed by atoms with Gasteiger partial charge in [0.2, 0.25) is 0 Å². The van der Waals surface area contributed by atoms with E-state index in [1.165, 1.54) is 6.07 Å². The topological polar surface area (TPSA) is 79.6 Å². The zero-order valence-corrected chi connectivity index (χ0v) is 15.5. The second kappa shape index (κ2) is 7.31. The molecular weight excluding hydrogens is 356 g/mol. The molecule has 6 nitrogen and oxygen atoms in total. The van der Waals surface area contributed by atoms with Crippen molar-refractivity contribution < 1.29 is 14.0 Å². The lowest BCUT2D eigenvalue weighted by Crippen LogP contribution is -2.27. The third-order valence-electron chi connectivity index (χ3n) is 4.97. The zero-order valence-electron chi connectivity index (χ0n) is 15.5. The predicted octanol–water partition coefficient (Wildman–Crippen LogP) is 3.59. The molecule has 1 aromatic heterocycles. The third kappa shape index (κ3) is 3.41. The smallest absolute Gasteiger partial charge is 0.291 e. The summed E-state index contributed by atoms with van der Waals surface area (Å²) in [6.07, 6.45) is 2.08. The van der Waals surface area contributed by atoms with Crippen molar-refractivity contribution in [2.24, 2.45) is 0 Å². The van der Waals surface area contributed by atoms with Crippen LogP contribution in [-0.4, -0.2) is 29.8 Å². The van der Waals surface area contributed by atoms with Crippen molar-refractivity contribution in [3.05, 3.63) is 75.6 Å². The van der Waals surface area contributed by atoms with E-state index < -0.39 is 5.91 Å². The molecule has 2 aromatic carbocycles. The van der Waals surface area contributed by atoms with Crippen molar-refractivity contribution >= 4 is 28.5 Å². The summed E-state index contributed by atoms with van der Waals surface area (Å²) in [6.45, 7) is 3.40. The van der Waals surface area contributed by atoms with E-state index in [1.807, 2.05) is 11.8 Å². The summed E-state index contributed by atoms with van der Waals surface area (Å²) in [5.41, 5.74) is 2.04. The number of hydrogen-bond acceptors (Lipinski definition) is 4. The molecule has 3 aromatic rings. The number of likely N-dealkylation sites (tertiary alicyclic amines) is 1. The van der Waals surface area contributed by atoms with Crippen LogP contribution in [0.3, 0.4) is 0 Å². The maximum Gasteiger partial charge on any atom is 0.291 e. The lowest BCUT2D eigenvalue weighted by Gasteiger charge is -2.16. The van der Waals surface area contributed by atoms with Crippen LogP contribution >= 0.6 is 0 Å². The first-order valence-electron chi connectivity index (χ1n) is 9.27. The van der Waals surface area contributed by atoms with Crippen LogP contribution in [0.25, 0.3) is 11.0 Å². The van der Waals surface area contributed by atoms with Crippen LogP contribution in [0.2, 0.25) is 0 Å². The molecule has 2 heterocycles. The number of benzene rings is 2. The minimum absolute atomic E-state index is 0.0130. The lowest BCUT2D eigenvalue weighted by atomic mass is 10.1. The summed E-state index contributed by atoms with van der Waals surface area (Å²) in [5.74, 6) is -0.552. The van der Waals surface area contributed by atoms with Crippen LogP contribution in [0.15, 0.2) is 57.7 Å². The van der Waals surface area contributed by atoms with Gasteiger partial charge in [-0.1, -0.05) is 12.1 Å². The van der Waals surface area contributed by atoms with Crippen molar-refractivity contribution in [2.75, 3.05) is 18.4 Å². The molecule has 28 heavy (non-hydrogen) atoms. The Labute approximate surface area is 161 Å². The lowest BCUT2D eigenvalue weighted by molar-refractivity contribution is 0.0792. The van der Waals surface area contributed by atoms with Crippen LogP contribution < -0.4 is 10.7 Å². The fourth-order valence-electron chi connectivity index (χ4n) is 3.44. The van der Waals surface area contributed by atoms with Crippen LogP contribution in [0.5, 0.6) is 0 Å². The molecule has 0 spiro atoms. The number of fused-ring (bicyclic) bond motifs is 1. The first kappa shape index (κ1) is 18.0. The van der Waals surface area contributed by atoms with Crippen molar-refractivity contribution in [3.63, 3.8) is 0 Å². The van der Waals surface area contributed by atoms with E-state index in [-0.39, 0.29) is 17.1 Å². The van der Waals surface area contributed by atoms with Crippen molar-refractivity contribution in [1.29, 1.82) is 0 Å². The van der Waals surface area contributed by atoms with E-state index in [0.29, 0.717) is 22.2 Å². The maximum atomic E-state index is 12.6. The van der Waals surface area contributed by atoms with Gasteiger partial charge in [-0.05, 0) is 55.7 Å². The molecule has 6 heteroatoms. The fourth-order valence-corrected chi connectivity index (χ4v) is 3.44. The van der Waals surface area contributed by atoms with Crippen LogP contribution in [0, 0.1) is 6.92 Å². The molecule has 0 bridgehead atoms. The molecule has 1 saturated heterocycles. The van der Waals surface area contributed by atoms with Gasteiger partial charge in [-0.3, -0.25) is 14.4 Å². The van der Waals surface area contributed by atoms with Gasteiger partial charge >= 0.3 is 0 Å². The molecule has 0 saturated carbocycles. The van der Waals surface area contributed by atoms with E-state index in [2.05, 4.69) is 5.32 Å². The number of nitrogens with zero attached hydrogens (tertiary/aromatic N) is 1. The minimum Gasteiger partial charge on any atom is -0.451 e. The largest absolute Gasteiger partial charge is 0.451 e. The molecular formula is C22H20N2O4. The Balaban J connectivity index is 1.56. The second-order valence-corrected chi connectivity index (χ2v) is 6.95. The quantitative estimate of drug-likeness (QED) is 0.758. The normalized spacial score (nSPS) is 13.7. The van der Waals surface area contributed by atoms with Gasteiger partial charge in [0.25, 0.3) is 11.8 Å². The molecule has 0 radical (unpaired) electrons. The highest BCUT2D eigenvalue weighted by Crippen LogP contribution is 2.21. The average molecular weight is 376 g/mol. The van der Waals surface area contributed by atoms with Gasteiger partial charge < -0.3 is 14.6 Å². The molecule has 0 aliphatic carbocycles. The number of aryl methyl sites for hydroxylation is 1. The second-order valence-electron chi connectivity index (χ2n) is 6.95. The number of nitrogens with one attached hydrogen (secondary N) is 1. The highest BCUT2D eigenvalue weighted by Gasteiger charge is 2.20. The SMILES string of the molecule is Cc1cc(C(=O)N2CCCC2)ccc1NC(=O)c1cc(=O)c2ccccc2o1. The molecule has 4 rings (SSSR count). The molecule has 0 unspecified atom stereocenters. The Bertz CT molecular complexity index is 1130. The standard InChI is InChI=1S/C22H20N2O4/c1-14-12-15(22(27)24-10-4-5-11-24)8-9-17(14)23-21(26)20-13-18(25)16-6-2-3-7-19(16)28-20/h2-3,6-9,12-13H,4-5,10-11H2,1H3,(H,23,26). The van der Waals surface area contributed by atoms with Crippen LogP contribution in [0.4, 0.5) is 5.69 Å². The summed E-state index contributed by atoms with van der Waals surface area (Å²) < 4.78 is 5.57. The Morgan fingerprint density at radius 2 is 1.79 bits per heavy atom. The number of amides is 2. The number of rotatable bonds is 3. The first-order valence-corrected chi connectivity index (χ1v) is 9.27. The predicted molar refractivity (Wildman–Crippen MR) is 107 cm³/mol. The zero-order chi connectivity index (χ0) is 19.7. The Morgan fingerprint density at radius 3 is 2.54 bits per heavy atom.